The Labute approximate surface area is 115 Å². The summed E-state index contributed by atoms with van der Waals surface area (Å²) < 4.78 is 11.7. The second kappa shape index (κ2) is 4.87. The van der Waals surface area contributed by atoms with Crippen molar-refractivity contribution in [2.75, 3.05) is 0 Å². The van der Waals surface area contributed by atoms with E-state index in [1.54, 1.807) is 0 Å². The quantitative estimate of drug-likeness (QED) is 0.908. The van der Waals surface area contributed by atoms with Crippen LogP contribution in [0.15, 0.2) is 4.42 Å². The predicted molar refractivity (Wildman–Crippen MR) is 72.9 cm³/mol. The first-order valence-electron chi connectivity index (χ1n) is 6.95. The van der Waals surface area contributed by atoms with Gasteiger partial charge >= 0.3 is 0 Å². The summed E-state index contributed by atoms with van der Waals surface area (Å²) >= 11 is 0. The third kappa shape index (κ3) is 3.34. The van der Waals surface area contributed by atoms with Crippen LogP contribution < -0.4 is 5.32 Å². The lowest BCUT2D eigenvalue weighted by molar-refractivity contribution is -0.0700. The molecule has 5 heteroatoms. The Balaban J connectivity index is 1.95. The molecule has 0 aliphatic carbocycles. The summed E-state index contributed by atoms with van der Waals surface area (Å²) in [5.41, 5.74) is -0.260. The van der Waals surface area contributed by atoms with Crippen LogP contribution in [0, 0.1) is 0 Å². The van der Waals surface area contributed by atoms with Gasteiger partial charge < -0.3 is 14.5 Å². The summed E-state index contributed by atoms with van der Waals surface area (Å²) in [7, 11) is 0. The van der Waals surface area contributed by atoms with Crippen LogP contribution in [0.2, 0.25) is 0 Å². The first-order valence-corrected chi connectivity index (χ1v) is 6.95. The van der Waals surface area contributed by atoms with Gasteiger partial charge in [0.05, 0.1) is 17.7 Å². The van der Waals surface area contributed by atoms with E-state index in [1.807, 2.05) is 13.8 Å². The van der Waals surface area contributed by atoms with Gasteiger partial charge in [-0.2, -0.15) is 0 Å². The number of nitrogens with one attached hydrogen (secondary N) is 1. The van der Waals surface area contributed by atoms with E-state index in [2.05, 4.69) is 43.2 Å². The van der Waals surface area contributed by atoms with Gasteiger partial charge in [-0.3, -0.25) is 0 Å². The van der Waals surface area contributed by atoms with Crippen molar-refractivity contribution in [1.82, 2.24) is 15.5 Å². The van der Waals surface area contributed by atoms with Gasteiger partial charge in [0.1, 0.15) is 0 Å². The monoisotopic (exact) mass is 267 g/mol. The van der Waals surface area contributed by atoms with E-state index in [-0.39, 0.29) is 23.2 Å². The summed E-state index contributed by atoms with van der Waals surface area (Å²) in [6.45, 7) is 13.2. The Bertz CT molecular complexity index is 438. The molecule has 19 heavy (non-hydrogen) atoms. The summed E-state index contributed by atoms with van der Waals surface area (Å²) in [4.78, 5) is 0. The molecule has 0 aromatic carbocycles. The Morgan fingerprint density at radius 1 is 1.26 bits per heavy atom. The highest BCUT2D eigenvalue weighted by molar-refractivity contribution is 4.99. The van der Waals surface area contributed by atoms with Crippen LogP contribution in [0.25, 0.3) is 0 Å². The SMILES string of the molecule is CC(C)c1nnc(CN[C@@H]2CC(C)(C)OC2(C)C)o1. The van der Waals surface area contributed by atoms with Crippen LogP contribution in [0.3, 0.4) is 0 Å². The fraction of sp³-hybridized carbons (Fsp3) is 0.857. The van der Waals surface area contributed by atoms with E-state index in [1.165, 1.54) is 0 Å². The topological polar surface area (TPSA) is 60.2 Å². The lowest BCUT2D eigenvalue weighted by atomic mass is 9.94. The van der Waals surface area contributed by atoms with E-state index in [9.17, 15) is 0 Å². The molecule has 0 bridgehead atoms. The van der Waals surface area contributed by atoms with Crippen molar-refractivity contribution in [3.05, 3.63) is 11.8 Å². The first kappa shape index (κ1) is 14.5. The second-order valence-corrected chi connectivity index (χ2v) is 6.79. The molecule has 0 amide bonds. The van der Waals surface area contributed by atoms with Crippen molar-refractivity contribution in [2.45, 2.75) is 77.7 Å². The third-order valence-corrected chi connectivity index (χ3v) is 3.55. The molecule has 1 aliphatic heterocycles. The van der Waals surface area contributed by atoms with Crippen LogP contribution in [0.4, 0.5) is 0 Å². The van der Waals surface area contributed by atoms with Crippen LogP contribution >= 0.6 is 0 Å². The molecule has 0 spiro atoms. The van der Waals surface area contributed by atoms with Crippen molar-refractivity contribution in [2.24, 2.45) is 0 Å². The van der Waals surface area contributed by atoms with Gasteiger partial charge in [0, 0.05) is 12.0 Å². The Kier molecular flexibility index (Phi) is 3.71. The summed E-state index contributed by atoms with van der Waals surface area (Å²) in [5.74, 6) is 1.61. The van der Waals surface area contributed by atoms with Gasteiger partial charge in [-0.15, -0.1) is 10.2 Å². The normalized spacial score (nSPS) is 25.1. The largest absolute Gasteiger partial charge is 0.424 e. The molecular weight excluding hydrogens is 242 g/mol. The van der Waals surface area contributed by atoms with Gasteiger partial charge in [-0.05, 0) is 34.1 Å². The number of hydrogen-bond acceptors (Lipinski definition) is 5. The average molecular weight is 267 g/mol. The minimum Gasteiger partial charge on any atom is -0.424 e. The van der Waals surface area contributed by atoms with E-state index < -0.39 is 0 Å². The van der Waals surface area contributed by atoms with Crippen molar-refractivity contribution >= 4 is 0 Å². The molecule has 1 fully saturated rings. The lowest BCUT2D eigenvalue weighted by Crippen LogP contribution is -2.43. The van der Waals surface area contributed by atoms with Gasteiger partial charge in [0.25, 0.3) is 0 Å². The average Bonchev–Trinajstić information content (AvgIpc) is 2.77. The summed E-state index contributed by atoms with van der Waals surface area (Å²) in [5, 5.41) is 11.6. The predicted octanol–water partition coefficient (Wildman–Crippen LogP) is 2.63. The third-order valence-electron chi connectivity index (χ3n) is 3.55. The van der Waals surface area contributed by atoms with Gasteiger partial charge in [0.2, 0.25) is 11.8 Å². The molecule has 1 atom stereocenters. The molecule has 1 aromatic rings. The summed E-state index contributed by atoms with van der Waals surface area (Å²) in [6.07, 6.45) is 0.977. The number of ether oxygens (including phenoxy) is 1. The Hall–Kier alpha value is -0.940. The Morgan fingerprint density at radius 2 is 1.95 bits per heavy atom. The number of hydrogen-bond donors (Lipinski definition) is 1. The maximum absolute atomic E-state index is 6.05. The minimum atomic E-state index is -0.176. The minimum absolute atomic E-state index is 0.0842. The van der Waals surface area contributed by atoms with E-state index in [4.69, 9.17) is 9.15 Å². The van der Waals surface area contributed by atoms with Crippen LogP contribution in [-0.4, -0.2) is 27.4 Å². The Morgan fingerprint density at radius 3 is 2.42 bits per heavy atom. The van der Waals surface area contributed by atoms with E-state index in [0.29, 0.717) is 18.3 Å². The molecule has 2 rings (SSSR count). The first-order chi connectivity index (χ1) is 8.70. The molecule has 0 unspecified atom stereocenters. The maximum Gasteiger partial charge on any atom is 0.230 e. The molecule has 0 radical (unpaired) electrons. The smallest absolute Gasteiger partial charge is 0.230 e. The van der Waals surface area contributed by atoms with Crippen LogP contribution in [0.1, 0.15) is 65.7 Å². The summed E-state index contributed by atoms with van der Waals surface area (Å²) in [6, 6.07) is 0.289. The number of rotatable bonds is 4. The van der Waals surface area contributed by atoms with Gasteiger partial charge in [-0.25, -0.2) is 0 Å². The zero-order valence-electron chi connectivity index (χ0n) is 12.8. The highest BCUT2D eigenvalue weighted by Gasteiger charge is 2.45. The molecule has 0 saturated carbocycles. The van der Waals surface area contributed by atoms with Crippen molar-refractivity contribution < 1.29 is 9.15 Å². The maximum atomic E-state index is 6.05. The van der Waals surface area contributed by atoms with Crippen LogP contribution in [-0.2, 0) is 11.3 Å². The molecule has 1 saturated heterocycles. The fourth-order valence-corrected chi connectivity index (χ4v) is 2.66. The second-order valence-electron chi connectivity index (χ2n) is 6.79. The van der Waals surface area contributed by atoms with Crippen LogP contribution in [0.5, 0.6) is 0 Å². The van der Waals surface area contributed by atoms with Crippen molar-refractivity contribution in [1.29, 1.82) is 0 Å². The number of aromatic nitrogens is 2. The van der Waals surface area contributed by atoms with Crippen molar-refractivity contribution in [3.63, 3.8) is 0 Å². The molecule has 1 aromatic heterocycles. The zero-order valence-corrected chi connectivity index (χ0v) is 12.8. The molecule has 108 valence electrons. The van der Waals surface area contributed by atoms with E-state index in [0.717, 1.165) is 6.42 Å². The molecule has 1 aliphatic rings. The molecule has 1 N–H and O–H groups in total. The highest BCUT2D eigenvalue weighted by Crippen LogP contribution is 2.37. The highest BCUT2D eigenvalue weighted by atomic mass is 16.5. The molecule has 2 heterocycles. The molecular formula is C14H25N3O2. The number of nitrogens with zero attached hydrogens (tertiary/aromatic N) is 2. The standard InChI is InChI=1S/C14H25N3O2/c1-9(2)12-17-16-11(18-12)8-15-10-7-13(3,4)19-14(10,5)6/h9-10,15H,7-8H2,1-6H3/t10-/m1/s1. The van der Waals surface area contributed by atoms with Crippen molar-refractivity contribution in [3.8, 4) is 0 Å². The van der Waals surface area contributed by atoms with Gasteiger partial charge in [0.15, 0.2) is 0 Å². The van der Waals surface area contributed by atoms with E-state index >= 15 is 0 Å². The lowest BCUT2D eigenvalue weighted by Gasteiger charge is -2.27. The molecule has 5 nitrogen and oxygen atoms in total. The zero-order chi connectivity index (χ0) is 14.3. The van der Waals surface area contributed by atoms with Gasteiger partial charge in [-0.1, -0.05) is 13.8 Å². The fourth-order valence-electron chi connectivity index (χ4n) is 2.66.